The minimum absolute atomic E-state index is 0.0670. The quantitative estimate of drug-likeness (QED) is 0.729. The molecular formula is C16H16N4O3S2. The van der Waals surface area contributed by atoms with Crippen LogP contribution >= 0.6 is 11.3 Å². The maximum atomic E-state index is 12.5. The number of imidazole rings is 1. The van der Waals surface area contributed by atoms with E-state index in [-0.39, 0.29) is 16.7 Å². The molecule has 0 fully saturated rings. The molecule has 3 aromatic rings. The number of aromatic nitrogens is 3. The summed E-state index contributed by atoms with van der Waals surface area (Å²) in [6.45, 7) is 0. The van der Waals surface area contributed by atoms with Gasteiger partial charge in [0.2, 0.25) is 5.91 Å². The van der Waals surface area contributed by atoms with E-state index < -0.39 is 9.84 Å². The Hall–Kier alpha value is -2.26. The van der Waals surface area contributed by atoms with Gasteiger partial charge in [0.15, 0.2) is 15.0 Å². The number of H-pyrrole nitrogens is 1. The lowest BCUT2D eigenvalue weighted by molar-refractivity contribution is -0.120. The number of hydrogen-bond acceptors (Lipinski definition) is 6. The molecule has 1 aliphatic carbocycles. The zero-order chi connectivity index (χ0) is 17.6. The summed E-state index contributed by atoms with van der Waals surface area (Å²) in [4.78, 5) is 24.5. The maximum Gasteiger partial charge on any atom is 0.229 e. The monoisotopic (exact) mass is 376 g/mol. The zero-order valence-electron chi connectivity index (χ0n) is 13.4. The standard InChI is InChI=1S/C16H16N4O3S2/c1-25(22,23)10-3-5-12-14(7-10)24-16(19-12)20-15(21)9-2-4-11-13(6-9)18-8-17-11/h3,5,7-9H,2,4,6H2,1H3,(H,17,18)(H,19,20,21). The fourth-order valence-electron chi connectivity index (χ4n) is 3.02. The van der Waals surface area contributed by atoms with Crippen LogP contribution in [0.3, 0.4) is 0 Å². The maximum absolute atomic E-state index is 12.5. The number of benzene rings is 1. The van der Waals surface area contributed by atoms with Gasteiger partial charge in [0.05, 0.1) is 27.1 Å². The minimum Gasteiger partial charge on any atom is -0.348 e. The van der Waals surface area contributed by atoms with Gasteiger partial charge in [-0.1, -0.05) is 11.3 Å². The summed E-state index contributed by atoms with van der Waals surface area (Å²) >= 11 is 1.28. The number of rotatable bonds is 3. The molecular weight excluding hydrogens is 360 g/mol. The zero-order valence-corrected chi connectivity index (χ0v) is 15.1. The van der Waals surface area contributed by atoms with E-state index in [9.17, 15) is 13.2 Å². The number of carbonyl (C=O) groups is 1. The number of fused-ring (bicyclic) bond motifs is 2. The van der Waals surface area contributed by atoms with Crippen molar-refractivity contribution in [2.24, 2.45) is 5.92 Å². The fraction of sp³-hybridized carbons (Fsp3) is 0.312. The highest BCUT2D eigenvalue weighted by Crippen LogP contribution is 2.30. The molecule has 2 N–H and O–H groups in total. The Balaban J connectivity index is 1.53. The van der Waals surface area contributed by atoms with Crippen LogP contribution in [0.5, 0.6) is 0 Å². The molecule has 0 bridgehead atoms. The number of hydrogen-bond donors (Lipinski definition) is 2. The van der Waals surface area contributed by atoms with Crippen molar-refractivity contribution in [3.05, 3.63) is 35.9 Å². The average molecular weight is 376 g/mol. The van der Waals surface area contributed by atoms with Crippen LogP contribution in [-0.4, -0.2) is 35.5 Å². The van der Waals surface area contributed by atoms with E-state index in [1.54, 1.807) is 18.5 Å². The number of aromatic amines is 1. The third kappa shape index (κ3) is 3.16. The van der Waals surface area contributed by atoms with Crippen LogP contribution in [0.4, 0.5) is 5.13 Å². The lowest BCUT2D eigenvalue weighted by atomic mass is 9.89. The first-order valence-electron chi connectivity index (χ1n) is 7.83. The van der Waals surface area contributed by atoms with Crippen molar-refractivity contribution in [2.45, 2.75) is 24.2 Å². The molecule has 1 atom stereocenters. The normalized spacial score (nSPS) is 17.4. The van der Waals surface area contributed by atoms with Gasteiger partial charge in [-0.2, -0.15) is 0 Å². The number of aryl methyl sites for hydroxylation is 1. The Labute approximate surface area is 148 Å². The van der Waals surface area contributed by atoms with Gasteiger partial charge in [-0.25, -0.2) is 18.4 Å². The van der Waals surface area contributed by atoms with Crippen molar-refractivity contribution in [3.63, 3.8) is 0 Å². The molecule has 25 heavy (non-hydrogen) atoms. The van der Waals surface area contributed by atoms with Crippen molar-refractivity contribution >= 4 is 42.4 Å². The number of carbonyl (C=O) groups excluding carboxylic acids is 1. The lowest BCUT2D eigenvalue weighted by Gasteiger charge is -2.19. The lowest BCUT2D eigenvalue weighted by Crippen LogP contribution is -2.28. The van der Waals surface area contributed by atoms with Gasteiger partial charge >= 0.3 is 0 Å². The molecule has 2 heterocycles. The van der Waals surface area contributed by atoms with Gasteiger partial charge in [-0.05, 0) is 31.0 Å². The summed E-state index contributed by atoms with van der Waals surface area (Å²) in [6, 6.07) is 4.79. The van der Waals surface area contributed by atoms with Gasteiger partial charge in [0.1, 0.15) is 0 Å². The second-order valence-electron chi connectivity index (χ2n) is 6.18. The van der Waals surface area contributed by atoms with E-state index in [4.69, 9.17) is 0 Å². The van der Waals surface area contributed by atoms with Gasteiger partial charge < -0.3 is 10.3 Å². The number of nitrogens with one attached hydrogen (secondary N) is 2. The summed E-state index contributed by atoms with van der Waals surface area (Å²) in [5.74, 6) is -0.186. The molecule has 0 saturated carbocycles. The molecule has 4 rings (SSSR count). The highest BCUT2D eigenvalue weighted by Gasteiger charge is 2.26. The molecule has 1 amide bonds. The first-order valence-corrected chi connectivity index (χ1v) is 10.5. The smallest absolute Gasteiger partial charge is 0.229 e. The Morgan fingerprint density at radius 2 is 2.24 bits per heavy atom. The van der Waals surface area contributed by atoms with Crippen LogP contribution < -0.4 is 5.32 Å². The van der Waals surface area contributed by atoms with Crippen molar-refractivity contribution in [2.75, 3.05) is 11.6 Å². The predicted octanol–water partition coefficient (Wildman–Crippen LogP) is 2.17. The second-order valence-corrected chi connectivity index (χ2v) is 9.22. The first-order chi connectivity index (χ1) is 11.9. The summed E-state index contributed by atoms with van der Waals surface area (Å²) in [5.41, 5.74) is 2.73. The van der Waals surface area contributed by atoms with Crippen LogP contribution in [0.15, 0.2) is 29.4 Å². The predicted molar refractivity (Wildman–Crippen MR) is 95.5 cm³/mol. The van der Waals surface area contributed by atoms with Crippen molar-refractivity contribution in [1.29, 1.82) is 0 Å². The molecule has 0 radical (unpaired) electrons. The first kappa shape index (κ1) is 16.2. The molecule has 7 nitrogen and oxygen atoms in total. The third-order valence-corrected chi connectivity index (χ3v) is 6.42. The number of sulfone groups is 1. The summed E-state index contributed by atoms with van der Waals surface area (Å²) in [5, 5.41) is 3.35. The molecule has 1 unspecified atom stereocenters. The number of amides is 1. The van der Waals surface area contributed by atoms with Crippen molar-refractivity contribution in [3.8, 4) is 0 Å². The average Bonchev–Trinajstić information content (AvgIpc) is 3.18. The van der Waals surface area contributed by atoms with E-state index in [2.05, 4.69) is 20.3 Å². The van der Waals surface area contributed by atoms with E-state index >= 15 is 0 Å². The number of nitrogens with zero attached hydrogens (tertiary/aromatic N) is 2. The molecule has 1 aliphatic rings. The largest absolute Gasteiger partial charge is 0.348 e. The second kappa shape index (κ2) is 5.92. The molecule has 0 spiro atoms. The van der Waals surface area contributed by atoms with Crippen LogP contribution in [-0.2, 0) is 27.5 Å². The van der Waals surface area contributed by atoms with Crippen LogP contribution in [0.1, 0.15) is 17.8 Å². The highest BCUT2D eigenvalue weighted by atomic mass is 32.2. The van der Waals surface area contributed by atoms with Crippen molar-refractivity contribution < 1.29 is 13.2 Å². The van der Waals surface area contributed by atoms with Gasteiger partial charge in [0, 0.05) is 24.3 Å². The Morgan fingerprint density at radius 1 is 1.40 bits per heavy atom. The van der Waals surface area contributed by atoms with Crippen molar-refractivity contribution in [1.82, 2.24) is 15.0 Å². The van der Waals surface area contributed by atoms with Crippen LogP contribution in [0.2, 0.25) is 0 Å². The van der Waals surface area contributed by atoms with Crippen LogP contribution in [0.25, 0.3) is 10.2 Å². The number of anilines is 1. The molecule has 2 aromatic heterocycles. The SMILES string of the molecule is CS(=O)(=O)c1ccc2nc(NC(=O)C3CCc4nc[nH]c4C3)sc2c1. The summed E-state index contributed by atoms with van der Waals surface area (Å²) in [7, 11) is -3.27. The number of thiazole rings is 1. The summed E-state index contributed by atoms with van der Waals surface area (Å²) in [6.07, 6.45) is 5.02. The summed E-state index contributed by atoms with van der Waals surface area (Å²) < 4.78 is 24.0. The van der Waals surface area contributed by atoms with E-state index in [1.165, 1.54) is 23.7 Å². The van der Waals surface area contributed by atoms with E-state index in [0.717, 1.165) is 28.9 Å². The van der Waals surface area contributed by atoms with Gasteiger partial charge in [-0.3, -0.25) is 4.79 Å². The third-order valence-electron chi connectivity index (χ3n) is 4.38. The van der Waals surface area contributed by atoms with Crippen LogP contribution in [0, 0.1) is 5.92 Å². The minimum atomic E-state index is -3.27. The Kier molecular flexibility index (Phi) is 3.84. The Bertz CT molecular complexity index is 1070. The molecule has 0 saturated heterocycles. The Morgan fingerprint density at radius 3 is 3.04 bits per heavy atom. The topological polar surface area (TPSA) is 105 Å². The molecule has 0 aliphatic heterocycles. The van der Waals surface area contributed by atoms with Gasteiger partial charge in [-0.15, -0.1) is 0 Å². The molecule has 1 aromatic carbocycles. The highest BCUT2D eigenvalue weighted by molar-refractivity contribution is 7.90. The molecule has 9 heteroatoms. The van der Waals surface area contributed by atoms with E-state index in [0.29, 0.717) is 17.1 Å². The van der Waals surface area contributed by atoms with Gasteiger partial charge in [0.25, 0.3) is 0 Å². The molecule has 130 valence electrons. The van der Waals surface area contributed by atoms with E-state index in [1.807, 2.05) is 0 Å². The fourth-order valence-corrected chi connectivity index (χ4v) is 4.65.